The summed E-state index contributed by atoms with van der Waals surface area (Å²) in [5.74, 6) is -0.751. The molecule has 0 heterocycles. The minimum atomic E-state index is -4.95. The number of benzene rings is 1. The quantitative estimate of drug-likeness (QED) is 0.909. The van der Waals surface area contributed by atoms with Gasteiger partial charge in [-0.2, -0.15) is 0 Å². The summed E-state index contributed by atoms with van der Waals surface area (Å²) in [7, 11) is -4.11. The standard InChI is InChI=1S/C12H16F3NO3S/c1-4-11(2,3)16-20(17,18)10-8-6-5-7-9(10)19-12(13,14)15/h5-8,16H,4H2,1-3H3. The molecule has 0 saturated heterocycles. The van der Waals surface area contributed by atoms with Gasteiger partial charge in [0.15, 0.2) is 0 Å². The van der Waals surface area contributed by atoms with Gasteiger partial charge in [0.1, 0.15) is 10.6 Å². The monoisotopic (exact) mass is 311 g/mol. The Kier molecular flexibility index (Phi) is 4.70. The van der Waals surface area contributed by atoms with E-state index in [1.54, 1.807) is 20.8 Å². The fraction of sp³-hybridized carbons (Fsp3) is 0.500. The van der Waals surface area contributed by atoms with Crippen molar-refractivity contribution in [3.63, 3.8) is 0 Å². The number of hydrogen-bond donors (Lipinski definition) is 1. The second-order valence-electron chi connectivity index (χ2n) is 4.84. The second-order valence-corrected chi connectivity index (χ2v) is 6.49. The molecule has 4 nitrogen and oxygen atoms in total. The van der Waals surface area contributed by atoms with Crippen molar-refractivity contribution in [2.24, 2.45) is 0 Å². The van der Waals surface area contributed by atoms with E-state index in [2.05, 4.69) is 9.46 Å². The van der Waals surface area contributed by atoms with Gasteiger partial charge in [-0.15, -0.1) is 13.2 Å². The van der Waals surface area contributed by atoms with Crippen LogP contribution in [0.15, 0.2) is 29.2 Å². The molecule has 0 aliphatic heterocycles. The molecule has 0 aliphatic rings. The van der Waals surface area contributed by atoms with Crippen molar-refractivity contribution < 1.29 is 26.3 Å². The van der Waals surface area contributed by atoms with E-state index >= 15 is 0 Å². The molecule has 0 aliphatic carbocycles. The lowest BCUT2D eigenvalue weighted by atomic mass is 10.0. The third kappa shape index (κ3) is 4.68. The van der Waals surface area contributed by atoms with E-state index in [-0.39, 0.29) is 0 Å². The van der Waals surface area contributed by atoms with Crippen molar-refractivity contribution in [2.75, 3.05) is 0 Å². The fourth-order valence-electron chi connectivity index (χ4n) is 1.37. The molecule has 0 atom stereocenters. The van der Waals surface area contributed by atoms with E-state index in [4.69, 9.17) is 0 Å². The molecule has 0 saturated carbocycles. The number of hydrogen-bond acceptors (Lipinski definition) is 3. The lowest BCUT2D eigenvalue weighted by Crippen LogP contribution is -2.42. The van der Waals surface area contributed by atoms with E-state index in [0.29, 0.717) is 6.42 Å². The first-order chi connectivity index (χ1) is 8.97. The maximum atomic E-state index is 12.3. The Morgan fingerprint density at radius 3 is 2.25 bits per heavy atom. The van der Waals surface area contributed by atoms with Crippen molar-refractivity contribution in [3.05, 3.63) is 24.3 Å². The van der Waals surface area contributed by atoms with Gasteiger partial charge in [-0.05, 0) is 32.4 Å². The van der Waals surface area contributed by atoms with Gasteiger partial charge in [0.05, 0.1) is 0 Å². The zero-order valence-corrected chi connectivity index (χ0v) is 12.1. The average Bonchev–Trinajstić information content (AvgIpc) is 2.26. The third-order valence-corrected chi connectivity index (χ3v) is 4.40. The molecule has 0 amide bonds. The average molecular weight is 311 g/mol. The molecule has 1 aromatic carbocycles. The highest BCUT2D eigenvalue weighted by Gasteiger charge is 2.35. The summed E-state index contributed by atoms with van der Waals surface area (Å²) in [6.45, 7) is 5.04. The van der Waals surface area contributed by atoms with E-state index in [1.807, 2.05) is 0 Å². The SMILES string of the molecule is CCC(C)(C)NS(=O)(=O)c1ccccc1OC(F)(F)F. The summed E-state index contributed by atoms with van der Waals surface area (Å²) in [4.78, 5) is -0.543. The molecule has 0 spiro atoms. The molecule has 0 unspecified atom stereocenters. The maximum absolute atomic E-state index is 12.3. The number of rotatable bonds is 5. The Morgan fingerprint density at radius 2 is 1.75 bits per heavy atom. The van der Waals surface area contributed by atoms with Crippen LogP contribution in [-0.2, 0) is 10.0 Å². The number of halogens is 3. The fourth-order valence-corrected chi connectivity index (χ4v) is 2.99. The summed E-state index contributed by atoms with van der Waals surface area (Å²) >= 11 is 0. The van der Waals surface area contributed by atoms with Crippen LogP contribution in [0.4, 0.5) is 13.2 Å². The molecular weight excluding hydrogens is 295 g/mol. The third-order valence-electron chi connectivity index (χ3n) is 2.66. The summed E-state index contributed by atoms with van der Waals surface area (Å²) < 4.78 is 67.2. The highest BCUT2D eigenvalue weighted by molar-refractivity contribution is 7.89. The molecule has 0 bridgehead atoms. The van der Waals surface area contributed by atoms with Gasteiger partial charge in [-0.3, -0.25) is 0 Å². The van der Waals surface area contributed by atoms with Crippen LogP contribution in [0.3, 0.4) is 0 Å². The minimum Gasteiger partial charge on any atom is -0.404 e. The summed E-state index contributed by atoms with van der Waals surface area (Å²) in [5, 5.41) is 0. The molecule has 8 heteroatoms. The van der Waals surface area contributed by atoms with Crippen LogP contribution in [0.1, 0.15) is 27.2 Å². The van der Waals surface area contributed by atoms with Crippen LogP contribution in [0.25, 0.3) is 0 Å². The second kappa shape index (κ2) is 5.61. The van der Waals surface area contributed by atoms with Gasteiger partial charge < -0.3 is 4.74 Å². The van der Waals surface area contributed by atoms with E-state index in [9.17, 15) is 21.6 Å². The number of ether oxygens (including phenoxy) is 1. The molecule has 0 aromatic heterocycles. The first-order valence-corrected chi connectivity index (χ1v) is 7.34. The van der Waals surface area contributed by atoms with Crippen LogP contribution in [-0.4, -0.2) is 20.3 Å². The first-order valence-electron chi connectivity index (χ1n) is 5.85. The summed E-state index contributed by atoms with van der Waals surface area (Å²) in [6, 6.07) is 4.62. The predicted octanol–water partition coefficient (Wildman–Crippen LogP) is 3.05. The Hall–Kier alpha value is -1.28. The first kappa shape index (κ1) is 16.8. The molecule has 114 valence electrons. The van der Waals surface area contributed by atoms with Crippen LogP contribution in [0.5, 0.6) is 5.75 Å². The summed E-state index contributed by atoms with van der Waals surface area (Å²) in [6.07, 6.45) is -4.47. The lowest BCUT2D eigenvalue weighted by molar-refractivity contribution is -0.275. The van der Waals surface area contributed by atoms with Crippen LogP contribution < -0.4 is 9.46 Å². The molecule has 0 radical (unpaired) electrons. The zero-order valence-electron chi connectivity index (χ0n) is 11.3. The van der Waals surface area contributed by atoms with Crippen molar-refractivity contribution in [2.45, 2.75) is 44.0 Å². The molecule has 1 N–H and O–H groups in total. The number of para-hydroxylation sites is 1. The van der Waals surface area contributed by atoms with Crippen molar-refractivity contribution in [1.82, 2.24) is 4.72 Å². The van der Waals surface area contributed by atoms with Crippen LogP contribution >= 0.6 is 0 Å². The largest absolute Gasteiger partial charge is 0.573 e. The summed E-state index contributed by atoms with van der Waals surface area (Å²) in [5.41, 5.74) is -0.774. The Labute approximate surface area is 116 Å². The Bertz CT molecular complexity index is 568. The van der Waals surface area contributed by atoms with Gasteiger partial charge in [0.2, 0.25) is 10.0 Å². The lowest BCUT2D eigenvalue weighted by Gasteiger charge is -2.24. The van der Waals surface area contributed by atoms with Crippen LogP contribution in [0, 0.1) is 0 Å². The smallest absolute Gasteiger partial charge is 0.404 e. The molecule has 0 fully saturated rings. The van der Waals surface area contributed by atoms with Gasteiger partial charge in [0.25, 0.3) is 0 Å². The predicted molar refractivity (Wildman–Crippen MR) is 67.8 cm³/mol. The maximum Gasteiger partial charge on any atom is 0.573 e. The highest BCUT2D eigenvalue weighted by atomic mass is 32.2. The van der Waals surface area contributed by atoms with E-state index in [1.165, 1.54) is 12.1 Å². The Morgan fingerprint density at radius 1 is 1.20 bits per heavy atom. The van der Waals surface area contributed by atoms with Crippen LogP contribution in [0.2, 0.25) is 0 Å². The molecule has 1 rings (SSSR count). The van der Waals surface area contributed by atoms with Gasteiger partial charge in [-0.1, -0.05) is 19.1 Å². The molecular formula is C12H16F3NO3S. The molecule has 20 heavy (non-hydrogen) atoms. The minimum absolute atomic E-state index is 0.481. The number of nitrogens with one attached hydrogen (secondary N) is 1. The number of alkyl halides is 3. The van der Waals surface area contributed by atoms with Gasteiger partial charge in [0, 0.05) is 5.54 Å². The van der Waals surface area contributed by atoms with Gasteiger partial charge in [-0.25, -0.2) is 13.1 Å². The number of sulfonamides is 1. The van der Waals surface area contributed by atoms with Crippen molar-refractivity contribution >= 4 is 10.0 Å². The Balaban J connectivity index is 3.19. The topological polar surface area (TPSA) is 55.4 Å². The molecule has 1 aromatic rings. The zero-order chi connectivity index (χ0) is 15.6. The van der Waals surface area contributed by atoms with Gasteiger partial charge >= 0.3 is 6.36 Å². The van der Waals surface area contributed by atoms with E-state index < -0.39 is 32.6 Å². The van der Waals surface area contributed by atoms with E-state index in [0.717, 1.165) is 12.1 Å². The highest BCUT2D eigenvalue weighted by Crippen LogP contribution is 2.30. The normalized spacial score (nSPS) is 13.3. The van der Waals surface area contributed by atoms with Crippen molar-refractivity contribution in [3.8, 4) is 5.75 Å². The van der Waals surface area contributed by atoms with Crippen molar-refractivity contribution in [1.29, 1.82) is 0 Å².